The van der Waals surface area contributed by atoms with Gasteiger partial charge in [-0.25, -0.2) is 0 Å². The van der Waals surface area contributed by atoms with Crippen molar-refractivity contribution in [2.45, 2.75) is 149 Å². The van der Waals surface area contributed by atoms with Crippen LogP contribution in [0.5, 0.6) is 0 Å². The molecule has 0 fully saturated rings. The Kier molecular flexibility index (Phi) is 13.4. The van der Waals surface area contributed by atoms with Gasteiger partial charge in [0, 0.05) is 5.54 Å². The van der Waals surface area contributed by atoms with E-state index in [1.165, 1.54) is 12.8 Å². The molecule has 1 heteroatoms. The third-order valence-electron chi connectivity index (χ3n) is 5.23. The number of hydrogen-bond acceptors (Lipinski definition) is 1. The minimum absolute atomic E-state index is 0.141. The molecule has 0 aliphatic rings. The molecule has 0 radical (unpaired) electrons. The maximum absolute atomic E-state index is 6.50. The summed E-state index contributed by atoms with van der Waals surface area (Å²) in [4.78, 5) is 0. The molecule has 0 bridgehead atoms. The fourth-order valence-corrected chi connectivity index (χ4v) is 7.39. The predicted octanol–water partition coefficient (Wildman–Crippen LogP) is 9.73. The minimum Gasteiger partial charge on any atom is -0.326 e. The topological polar surface area (TPSA) is 26.0 Å². The summed E-state index contributed by atoms with van der Waals surface area (Å²) in [6.45, 7) is 41.5. The third kappa shape index (κ3) is 14.6. The van der Waals surface area contributed by atoms with Crippen molar-refractivity contribution in [3.63, 3.8) is 0 Å². The van der Waals surface area contributed by atoms with E-state index in [0.717, 1.165) is 6.42 Å². The maximum atomic E-state index is 6.50. The minimum atomic E-state index is -0.141. The molecule has 0 saturated carbocycles. The standard InChI is InChI=1S/C24H51N.2C2H6/c1-19(2,3)15-21(7,8)18(22(9,10)16-20(4,5)6)23(11,12)17-24(13,14)25;2*1-2/h18H,15-17,25H2,1-14H3;2*1-2H3. The molecule has 0 aromatic carbocycles. The molecular formula is C28H63N. The Balaban J connectivity index is -0.00000158. The molecule has 0 aliphatic heterocycles. The van der Waals surface area contributed by atoms with Crippen molar-refractivity contribution in [2.75, 3.05) is 0 Å². The van der Waals surface area contributed by atoms with Crippen LogP contribution in [0, 0.1) is 33.0 Å². The van der Waals surface area contributed by atoms with Crippen molar-refractivity contribution < 1.29 is 0 Å². The van der Waals surface area contributed by atoms with Gasteiger partial charge in [0.15, 0.2) is 0 Å². The molecule has 0 aliphatic carbocycles. The normalized spacial score (nSPS) is 14.1. The van der Waals surface area contributed by atoms with Gasteiger partial charge in [0.05, 0.1) is 0 Å². The van der Waals surface area contributed by atoms with E-state index in [1.54, 1.807) is 0 Å². The van der Waals surface area contributed by atoms with Crippen molar-refractivity contribution >= 4 is 0 Å². The average molecular weight is 414 g/mol. The van der Waals surface area contributed by atoms with E-state index in [2.05, 4.69) is 96.9 Å². The second-order valence-corrected chi connectivity index (χ2v) is 14.0. The first kappa shape index (κ1) is 33.6. The smallest absolute Gasteiger partial charge is 0.0102 e. The molecule has 0 aromatic heterocycles. The molecule has 29 heavy (non-hydrogen) atoms. The van der Waals surface area contributed by atoms with Crippen LogP contribution in [-0.4, -0.2) is 5.54 Å². The first-order valence-electron chi connectivity index (χ1n) is 12.3. The van der Waals surface area contributed by atoms with Crippen LogP contribution in [0.25, 0.3) is 0 Å². The van der Waals surface area contributed by atoms with Gasteiger partial charge in [-0.05, 0) is 66.1 Å². The van der Waals surface area contributed by atoms with Crippen LogP contribution < -0.4 is 5.73 Å². The Labute approximate surface area is 188 Å². The van der Waals surface area contributed by atoms with Gasteiger partial charge in [-0.3, -0.25) is 0 Å². The molecule has 0 spiro atoms. The van der Waals surface area contributed by atoms with Crippen LogP contribution >= 0.6 is 0 Å². The Hall–Kier alpha value is -0.0400. The number of hydrogen-bond donors (Lipinski definition) is 1. The molecule has 1 nitrogen and oxygen atoms in total. The van der Waals surface area contributed by atoms with Crippen molar-refractivity contribution in [1.82, 2.24) is 0 Å². The second-order valence-electron chi connectivity index (χ2n) is 14.0. The van der Waals surface area contributed by atoms with E-state index in [-0.39, 0.29) is 21.8 Å². The first-order valence-corrected chi connectivity index (χ1v) is 12.3. The van der Waals surface area contributed by atoms with E-state index in [9.17, 15) is 0 Å². The highest BCUT2D eigenvalue weighted by Gasteiger charge is 2.51. The average Bonchev–Trinajstić information content (AvgIpc) is 2.32. The van der Waals surface area contributed by atoms with E-state index in [1.807, 2.05) is 27.7 Å². The highest BCUT2D eigenvalue weighted by molar-refractivity contribution is 5.01. The highest BCUT2D eigenvalue weighted by Crippen LogP contribution is 2.58. The highest BCUT2D eigenvalue weighted by atomic mass is 14.7. The molecule has 0 rings (SSSR count). The van der Waals surface area contributed by atoms with Gasteiger partial charge in [0.1, 0.15) is 0 Å². The van der Waals surface area contributed by atoms with E-state index in [4.69, 9.17) is 5.73 Å². The summed E-state index contributed by atoms with van der Waals surface area (Å²) in [7, 11) is 0. The van der Waals surface area contributed by atoms with Crippen molar-refractivity contribution in [2.24, 2.45) is 38.7 Å². The van der Waals surface area contributed by atoms with Crippen LogP contribution in [0.1, 0.15) is 144 Å². The number of rotatable bonds is 7. The van der Waals surface area contributed by atoms with Crippen molar-refractivity contribution in [3.8, 4) is 0 Å². The fraction of sp³-hybridized carbons (Fsp3) is 1.00. The molecule has 2 N–H and O–H groups in total. The van der Waals surface area contributed by atoms with Gasteiger partial charge in [0.25, 0.3) is 0 Å². The van der Waals surface area contributed by atoms with E-state index in [0.29, 0.717) is 16.7 Å². The zero-order valence-electron chi connectivity index (χ0n) is 24.3. The Morgan fingerprint density at radius 2 is 0.655 bits per heavy atom. The van der Waals surface area contributed by atoms with Gasteiger partial charge >= 0.3 is 0 Å². The summed E-state index contributed by atoms with van der Waals surface area (Å²) >= 11 is 0. The Bertz CT molecular complexity index is 352. The van der Waals surface area contributed by atoms with Gasteiger partial charge < -0.3 is 5.73 Å². The van der Waals surface area contributed by atoms with Crippen molar-refractivity contribution in [3.05, 3.63) is 0 Å². The molecule has 0 saturated heterocycles. The zero-order chi connectivity index (χ0) is 24.7. The Morgan fingerprint density at radius 3 is 0.828 bits per heavy atom. The first-order chi connectivity index (χ1) is 12.5. The van der Waals surface area contributed by atoms with Crippen LogP contribution in [0.2, 0.25) is 0 Å². The fourth-order valence-electron chi connectivity index (χ4n) is 7.39. The SMILES string of the molecule is CC.CC.CC(C)(C)CC(C)(C)C(C(C)(C)CC(C)(C)C)C(C)(C)CC(C)(C)N. The van der Waals surface area contributed by atoms with Gasteiger partial charge in [-0.1, -0.05) is 111 Å². The second kappa shape index (κ2) is 11.5. The summed E-state index contributed by atoms with van der Waals surface area (Å²) in [5.74, 6) is 0.591. The van der Waals surface area contributed by atoms with Crippen molar-refractivity contribution in [1.29, 1.82) is 0 Å². The Morgan fingerprint density at radius 1 is 0.448 bits per heavy atom. The molecule has 180 valence electrons. The van der Waals surface area contributed by atoms with E-state index >= 15 is 0 Å². The lowest BCUT2D eigenvalue weighted by Crippen LogP contribution is -2.51. The quantitative estimate of drug-likeness (QED) is 0.441. The van der Waals surface area contributed by atoms with E-state index < -0.39 is 0 Å². The van der Waals surface area contributed by atoms with Gasteiger partial charge in [0.2, 0.25) is 0 Å². The van der Waals surface area contributed by atoms with Gasteiger partial charge in [-0.15, -0.1) is 0 Å². The van der Waals surface area contributed by atoms with Crippen LogP contribution in [-0.2, 0) is 0 Å². The molecule has 0 aromatic rings. The third-order valence-corrected chi connectivity index (χ3v) is 5.23. The van der Waals surface area contributed by atoms with Crippen LogP contribution in [0.4, 0.5) is 0 Å². The summed E-state index contributed by atoms with van der Waals surface area (Å²) in [6.07, 6.45) is 3.51. The zero-order valence-corrected chi connectivity index (χ0v) is 24.3. The lowest BCUT2D eigenvalue weighted by molar-refractivity contribution is -0.0719. The summed E-state index contributed by atoms with van der Waals surface area (Å²) in [5, 5.41) is 0. The lowest BCUT2D eigenvalue weighted by Gasteiger charge is -2.57. The monoisotopic (exact) mass is 413 g/mol. The molecular weight excluding hydrogens is 350 g/mol. The summed E-state index contributed by atoms with van der Waals surface area (Å²) < 4.78 is 0. The molecule has 0 unspecified atom stereocenters. The molecule has 0 heterocycles. The lowest BCUT2D eigenvalue weighted by atomic mass is 9.48. The molecule has 0 atom stereocenters. The largest absolute Gasteiger partial charge is 0.326 e. The maximum Gasteiger partial charge on any atom is 0.0102 e. The predicted molar refractivity (Wildman–Crippen MR) is 139 cm³/mol. The van der Waals surface area contributed by atoms with Gasteiger partial charge in [-0.2, -0.15) is 0 Å². The number of nitrogens with two attached hydrogens (primary N) is 1. The van der Waals surface area contributed by atoms with Crippen LogP contribution in [0.15, 0.2) is 0 Å². The van der Waals surface area contributed by atoms with Crippen LogP contribution in [0.3, 0.4) is 0 Å². The summed E-state index contributed by atoms with van der Waals surface area (Å²) in [5.41, 5.74) is 7.70. The summed E-state index contributed by atoms with van der Waals surface area (Å²) in [6, 6.07) is 0. The molecule has 0 amide bonds.